The van der Waals surface area contributed by atoms with Crippen molar-refractivity contribution in [3.63, 3.8) is 0 Å². The third-order valence-corrected chi connectivity index (χ3v) is 3.98. The van der Waals surface area contributed by atoms with Crippen LogP contribution in [0.3, 0.4) is 0 Å². The van der Waals surface area contributed by atoms with Gasteiger partial charge in [0.25, 0.3) is 5.56 Å². The molecule has 0 saturated heterocycles. The maximum Gasteiger partial charge on any atom is 0.274 e. The molecule has 1 heterocycles. The zero-order chi connectivity index (χ0) is 17.1. The Hall–Kier alpha value is -2.95. The first kappa shape index (κ1) is 15.9. The van der Waals surface area contributed by atoms with Gasteiger partial charge in [-0.15, -0.1) is 0 Å². The number of nitrogens with one attached hydrogen (secondary N) is 1. The van der Waals surface area contributed by atoms with Gasteiger partial charge in [-0.1, -0.05) is 37.3 Å². The van der Waals surface area contributed by atoms with E-state index in [9.17, 15) is 9.59 Å². The number of fused-ring (bicyclic) bond motifs is 1. The van der Waals surface area contributed by atoms with Crippen LogP contribution >= 0.6 is 0 Å². The molecule has 0 atom stereocenters. The van der Waals surface area contributed by atoms with Gasteiger partial charge < -0.3 is 5.32 Å². The number of hydrogen-bond donors (Lipinski definition) is 1. The number of aromatic nitrogens is 2. The van der Waals surface area contributed by atoms with Crippen LogP contribution in [0.2, 0.25) is 0 Å². The Bertz CT molecular complexity index is 960. The highest BCUT2D eigenvalue weighted by molar-refractivity contribution is 5.95. The molecule has 0 aliphatic heterocycles. The van der Waals surface area contributed by atoms with Crippen molar-refractivity contribution < 1.29 is 4.79 Å². The molecule has 5 nitrogen and oxygen atoms in total. The topological polar surface area (TPSA) is 64.0 Å². The number of nitrogens with zero attached hydrogens (tertiary/aromatic N) is 2. The summed E-state index contributed by atoms with van der Waals surface area (Å²) in [6.45, 7) is 2.07. The van der Waals surface area contributed by atoms with Crippen molar-refractivity contribution >= 4 is 22.4 Å². The largest absolute Gasteiger partial charge is 0.326 e. The third kappa shape index (κ3) is 3.20. The molecule has 0 aliphatic rings. The van der Waals surface area contributed by atoms with Crippen LogP contribution < -0.4 is 10.9 Å². The molecule has 24 heavy (non-hydrogen) atoms. The van der Waals surface area contributed by atoms with E-state index in [1.54, 1.807) is 13.1 Å². The fourth-order valence-corrected chi connectivity index (χ4v) is 2.73. The Morgan fingerprint density at radius 3 is 2.62 bits per heavy atom. The fourth-order valence-electron chi connectivity index (χ4n) is 2.73. The molecule has 1 N–H and O–H groups in total. The average molecular weight is 321 g/mol. The lowest BCUT2D eigenvalue weighted by Crippen LogP contribution is -2.24. The van der Waals surface area contributed by atoms with Crippen molar-refractivity contribution in [3.05, 3.63) is 70.1 Å². The molecule has 0 aliphatic carbocycles. The molecule has 0 bridgehead atoms. The normalized spacial score (nSPS) is 10.8. The minimum atomic E-state index is -0.162. The van der Waals surface area contributed by atoms with Gasteiger partial charge in [-0.2, -0.15) is 5.10 Å². The van der Waals surface area contributed by atoms with Crippen molar-refractivity contribution in [2.45, 2.75) is 19.8 Å². The van der Waals surface area contributed by atoms with Gasteiger partial charge in [0.1, 0.15) is 0 Å². The zero-order valence-corrected chi connectivity index (χ0v) is 13.7. The Labute approximate surface area is 139 Å². The fraction of sp³-hybridized carbons (Fsp3) is 0.211. The monoisotopic (exact) mass is 321 g/mol. The average Bonchev–Trinajstić information content (AvgIpc) is 2.59. The summed E-state index contributed by atoms with van der Waals surface area (Å²) >= 11 is 0. The molecule has 1 aromatic heterocycles. The number of hydrogen-bond acceptors (Lipinski definition) is 3. The summed E-state index contributed by atoms with van der Waals surface area (Å²) in [5.41, 5.74) is 2.37. The van der Waals surface area contributed by atoms with Gasteiger partial charge in [-0.25, -0.2) is 4.68 Å². The van der Waals surface area contributed by atoms with Crippen molar-refractivity contribution in [1.29, 1.82) is 0 Å². The first-order chi connectivity index (χ1) is 11.6. The number of benzene rings is 2. The van der Waals surface area contributed by atoms with Crippen molar-refractivity contribution in [2.24, 2.45) is 7.05 Å². The van der Waals surface area contributed by atoms with Crippen LogP contribution in [-0.4, -0.2) is 15.7 Å². The van der Waals surface area contributed by atoms with E-state index in [0.717, 1.165) is 17.5 Å². The van der Waals surface area contributed by atoms with E-state index in [4.69, 9.17) is 0 Å². The lowest BCUT2D eigenvalue weighted by Gasteiger charge is -2.09. The van der Waals surface area contributed by atoms with Crippen molar-refractivity contribution in [1.82, 2.24) is 9.78 Å². The Morgan fingerprint density at radius 2 is 1.88 bits per heavy atom. The summed E-state index contributed by atoms with van der Waals surface area (Å²) in [5, 5.41) is 8.45. The molecule has 3 rings (SSSR count). The number of aryl methyl sites for hydroxylation is 2. The van der Waals surface area contributed by atoms with Crippen LogP contribution in [0.15, 0.2) is 53.3 Å². The second-order valence-electron chi connectivity index (χ2n) is 5.70. The minimum Gasteiger partial charge on any atom is -0.326 e. The molecule has 0 fully saturated rings. The molecule has 0 unspecified atom stereocenters. The highest BCUT2D eigenvalue weighted by Gasteiger charge is 2.12. The van der Waals surface area contributed by atoms with Gasteiger partial charge in [-0.3, -0.25) is 9.59 Å². The van der Waals surface area contributed by atoms with Crippen molar-refractivity contribution in [2.75, 3.05) is 5.32 Å². The smallest absolute Gasteiger partial charge is 0.274 e. The predicted octanol–water partition coefficient (Wildman–Crippen LogP) is 2.68. The minimum absolute atomic E-state index is 0.116. The quantitative estimate of drug-likeness (QED) is 0.803. The molecule has 1 amide bonds. The second-order valence-corrected chi connectivity index (χ2v) is 5.70. The third-order valence-electron chi connectivity index (χ3n) is 3.98. The van der Waals surface area contributed by atoms with Gasteiger partial charge in [0.2, 0.25) is 5.91 Å². The Kier molecular flexibility index (Phi) is 4.42. The summed E-state index contributed by atoms with van der Waals surface area (Å²) in [6, 6.07) is 15.0. The van der Waals surface area contributed by atoms with E-state index in [1.165, 1.54) is 10.2 Å². The van der Waals surface area contributed by atoms with Gasteiger partial charge >= 0.3 is 0 Å². The SMILES string of the molecule is CCc1cccc(NC(=O)Cc2nn(C)c(=O)c3ccccc23)c1. The second kappa shape index (κ2) is 6.66. The van der Waals surface area contributed by atoms with Gasteiger partial charge in [0.15, 0.2) is 0 Å². The van der Waals surface area contributed by atoms with Crippen LogP contribution in [-0.2, 0) is 24.7 Å². The summed E-state index contributed by atoms with van der Waals surface area (Å²) < 4.78 is 1.28. The van der Waals surface area contributed by atoms with Crippen LogP contribution in [0.25, 0.3) is 10.8 Å². The molecule has 122 valence electrons. The van der Waals surface area contributed by atoms with Crippen LogP contribution in [0.4, 0.5) is 5.69 Å². The molecular weight excluding hydrogens is 302 g/mol. The van der Waals surface area contributed by atoms with Crippen LogP contribution in [0.1, 0.15) is 18.2 Å². The van der Waals surface area contributed by atoms with Gasteiger partial charge in [-0.05, 0) is 30.2 Å². The van der Waals surface area contributed by atoms with Crippen LogP contribution in [0, 0.1) is 0 Å². The van der Waals surface area contributed by atoms with E-state index in [1.807, 2.05) is 42.5 Å². The van der Waals surface area contributed by atoms with Crippen molar-refractivity contribution in [3.8, 4) is 0 Å². The molecule has 5 heteroatoms. The number of carbonyl (C=O) groups excluding carboxylic acids is 1. The Morgan fingerprint density at radius 1 is 1.12 bits per heavy atom. The van der Waals surface area contributed by atoms with Gasteiger partial charge in [0.05, 0.1) is 17.5 Å². The molecular formula is C19H19N3O2. The lowest BCUT2D eigenvalue weighted by atomic mass is 10.1. The molecule has 3 aromatic rings. The van der Waals surface area contributed by atoms with Gasteiger partial charge in [0, 0.05) is 18.1 Å². The van der Waals surface area contributed by atoms with E-state index < -0.39 is 0 Å². The first-order valence-corrected chi connectivity index (χ1v) is 7.92. The highest BCUT2D eigenvalue weighted by atomic mass is 16.1. The standard InChI is InChI=1S/C19H19N3O2/c1-3-13-7-6-8-14(11-13)20-18(23)12-17-15-9-4-5-10-16(15)19(24)22(2)21-17/h4-11H,3,12H2,1-2H3,(H,20,23). The van der Waals surface area contributed by atoms with E-state index >= 15 is 0 Å². The summed E-state index contributed by atoms with van der Waals surface area (Å²) in [4.78, 5) is 24.5. The molecule has 0 spiro atoms. The van der Waals surface area contributed by atoms with E-state index in [0.29, 0.717) is 11.1 Å². The highest BCUT2D eigenvalue weighted by Crippen LogP contribution is 2.15. The number of carbonyl (C=O) groups is 1. The van der Waals surface area contributed by atoms with Crippen LogP contribution in [0.5, 0.6) is 0 Å². The molecule has 2 aromatic carbocycles. The maximum absolute atomic E-state index is 12.4. The zero-order valence-electron chi connectivity index (χ0n) is 13.7. The Balaban J connectivity index is 1.88. The predicted molar refractivity (Wildman–Crippen MR) is 95.1 cm³/mol. The van der Waals surface area contributed by atoms with E-state index in [2.05, 4.69) is 17.3 Å². The first-order valence-electron chi connectivity index (χ1n) is 7.92. The summed E-state index contributed by atoms with van der Waals surface area (Å²) in [6.07, 6.45) is 1.03. The van der Waals surface area contributed by atoms with E-state index in [-0.39, 0.29) is 17.9 Å². The number of anilines is 1. The maximum atomic E-state index is 12.4. The molecule has 0 saturated carbocycles. The summed E-state index contributed by atoms with van der Waals surface area (Å²) in [5.74, 6) is -0.153. The lowest BCUT2D eigenvalue weighted by molar-refractivity contribution is -0.115. The number of amides is 1. The molecule has 0 radical (unpaired) electrons. The summed E-state index contributed by atoms with van der Waals surface area (Å²) in [7, 11) is 1.60. The number of rotatable bonds is 4.